The fourth-order valence-corrected chi connectivity index (χ4v) is 5.87. The van der Waals surface area contributed by atoms with Crippen LogP contribution in [0.4, 0.5) is 25.0 Å². The highest BCUT2D eigenvalue weighted by Gasteiger charge is 2.31. The van der Waals surface area contributed by atoms with Crippen molar-refractivity contribution in [2.24, 2.45) is 4.99 Å². The van der Waals surface area contributed by atoms with Crippen LogP contribution in [0, 0.1) is 11.6 Å². The maximum absolute atomic E-state index is 15.5. The largest absolute Gasteiger partial charge is 0.443 e. The van der Waals surface area contributed by atoms with E-state index in [9.17, 15) is 17.6 Å². The lowest BCUT2D eigenvalue weighted by Gasteiger charge is -2.31. The van der Waals surface area contributed by atoms with Crippen molar-refractivity contribution in [3.05, 3.63) is 69.3 Å². The van der Waals surface area contributed by atoms with Gasteiger partial charge in [-0.3, -0.25) is 4.90 Å². The molecule has 1 amide bonds. The van der Waals surface area contributed by atoms with Crippen LogP contribution in [0.3, 0.4) is 0 Å². The number of nitrogens with one attached hydrogen (secondary N) is 1. The van der Waals surface area contributed by atoms with Gasteiger partial charge >= 0.3 is 6.09 Å². The Balaban J connectivity index is 1.64. The topological polar surface area (TPSA) is 91.3 Å². The number of rotatable bonds is 7. The van der Waals surface area contributed by atoms with Crippen molar-refractivity contribution in [2.45, 2.75) is 52.3 Å². The molecule has 1 saturated heterocycles. The van der Waals surface area contributed by atoms with Gasteiger partial charge in [-0.25, -0.2) is 23.5 Å². The molecule has 13 heteroatoms. The van der Waals surface area contributed by atoms with E-state index in [0.29, 0.717) is 5.56 Å². The summed E-state index contributed by atoms with van der Waals surface area (Å²) in [6.45, 7) is 9.42. The van der Waals surface area contributed by atoms with Crippen LogP contribution in [0.15, 0.2) is 46.6 Å². The minimum atomic E-state index is -2.50. The SMILES string of the molecule is CC(Nc1cc(F)c(N(C(=O)OC(C)(C)C)C2=C[S@](=S(=O)=O)C=N2)cc1Cl)c1cc(CN2CCC2)ccc1F. The molecule has 2 aromatic carbocycles. The molecule has 0 radical (unpaired) electrons. The number of likely N-dealkylation sites (tertiary alicyclic amines) is 1. The van der Waals surface area contributed by atoms with E-state index in [2.05, 4.69) is 15.2 Å². The third kappa shape index (κ3) is 7.05. The standard InChI is InChI=1S/C26H29ClF2N4O4S2/c1-16(18-10-17(6-7-20(18)28)13-32-8-5-9-32)31-22-12-21(29)23(11-19(22)27)33(25(34)37-26(2,3)4)24-14-38(15-30-24)39(35)36/h6-7,10-12,14-16,31H,5,8-9,13H2,1-4H3/t16?,38-/m0/s1. The molecule has 0 aromatic heterocycles. The lowest BCUT2D eigenvalue weighted by Crippen LogP contribution is -2.36. The summed E-state index contributed by atoms with van der Waals surface area (Å²) in [6, 6.07) is 6.72. The van der Waals surface area contributed by atoms with Crippen molar-refractivity contribution in [2.75, 3.05) is 23.3 Å². The fourth-order valence-electron chi connectivity index (χ4n) is 4.03. The third-order valence-electron chi connectivity index (χ3n) is 6.00. The summed E-state index contributed by atoms with van der Waals surface area (Å²) in [5, 5.41) is 4.34. The van der Waals surface area contributed by atoms with Gasteiger partial charge in [0.05, 0.1) is 28.0 Å². The summed E-state index contributed by atoms with van der Waals surface area (Å²) in [7, 11) is -3.89. The predicted octanol–water partition coefficient (Wildman–Crippen LogP) is 5.99. The Morgan fingerprint density at radius 3 is 2.54 bits per heavy atom. The first kappa shape index (κ1) is 29.2. The molecule has 2 aliphatic rings. The molecule has 0 bridgehead atoms. The summed E-state index contributed by atoms with van der Waals surface area (Å²) in [4.78, 5) is 20.2. The molecule has 1 N–H and O–H groups in total. The second-order valence-electron chi connectivity index (χ2n) is 10.2. The van der Waals surface area contributed by atoms with Gasteiger partial charge in [-0.1, -0.05) is 17.7 Å². The van der Waals surface area contributed by atoms with Crippen LogP contribution in [0.5, 0.6) is 0 Å². The Bertz CT molecular complexity index is 1490. The molecule has 4 rings (SSSR count). The number of carbonyl (C=O) groups is 1. The molecule has 2 heterocycles. The third-order valence-corrected chi connectivity index (χ3v) is 8.88. The first-order valence-electron chi connectivity index (χ1n) is 12.2. The predicted molar refractivity (Wildman–Crippen MR) is 151 cm³/mol. The molecule has 8 nitrogen and oxygen atoms in total. The minimum Gasteiger partial charge on any atom is -0.443 e. The van der Waals surface area contributed by atoms with Crippen molar-refractivity contribution >= 4 is 53.3 Å². The van der Waals surface area contributed by atoms with Crippen LogP contribution in [0.1, 0.15) is 51.3 Å². The van der Waals surface area contributed by atoms with Gasteiger partial charge in [0, 0.05) is 33.0 Å². The van der Waals surface area contributed by atoms with Gasteiger partial charge in [0.1, 0.15) is 17.2 Å². The van der Waals surface area contributed by atoms with Gasteiger partial charge in [0.2, 0.25) is 9.26 Å². The van der Waals surface area contributed by atoms with Crippen LogP contribution in [-0.4, -0.2) is 43.6 Å². The summed E-state index contributed by atoms with van der Waals surface area (Å²) in [5.41, 5.74) is 1.52. The number of nitrogens with zero attached hydrogens (tertiary/aromatic N) is 3. The Morgan fingerprint density at radius 2 is 1.95 bits per heavy atom. The van der Waals surface area contributed by atoms with Crippen molar-refractivity contribution in [3.63, 3.8) is 0 Å². The average Bonchev–Trinajstić information content (AvgIpc) is 3.29. The van der Waals surface area contributed by atoms with Gasteiger partial charge in [-0.15, -0.1) is 0 Å². The highest BCUT2D eigenvalue weighted by Crippen LogP contribution is 2.36. The first-order valence-corrected chi connectivity index (χ1v) is 15.5. The smallest absolute Gasteiger partial charge is 0.420 e. The van der Waals surface area contributed by atoms with Gasteiger partial charge in [-0.2, -0.15) is 8.42 Å². The first-order chi connectivity index (χ1) is 18.3. The Labute approximate surface area is 234 Å². The Morgan fingerprint density at radius 1 is 1.23 bits per heavy atom. The number of carbonyl (C=O) groups excluding carboxylic acids is 1. The number of hydrogen-bond acceptors (Lipinski definition) is 7. The number of aliphatic imine (C=N–C) groups is 1. The van der Waals surface area contributed by atoms with Crippen LogP contribution in [0.2, 0.25) is 5.02 Å². The maximum atomic E-state index is 15.5. The van der Waals surface area contributed by atoms with E-state index in [1.165, 1.54) is 17.5 Å². The number of halogens is 3. The van der Waals surface area contributed by atoms with E-state index in [0.717, 1.165) is 48.1 Å². The minimum absolute atomic E-state index is 0.0536. The molecular weight excluding hydrogens is 570 g/mol. The van der Waals surface area contributed by atoms with Gasteiger partial charge in [0.15, 0.2) is 5.82 Å². The van der Waals surface area contributed by atoms with Gasteiger partial charge in [-0.05, 0) is 71.0 Å². The summed E-state index contributed by atoms with van der Waals surface area (Å²) >= 11 is 6.50. The molecule has 1 unspecified atom stereocenters. The molecular formula is C26H29ClF2N4O4S2. The van der Waals surface area contributed by atoms with E-state index in [-0.39, 0.29) is 22.2 Å². The number of anilines is 2. The fraction of sp³-hybridized carbons (Fsp3) is 0.385. The van der Waals surface area contributed by atoms with E-state index < -0.39 is 48.1 Å². The zero-order chi connectivity index (χ0) is 28.5. The number of benzene rings is 2. The average molecular weight is 599 g/mol. The highest BCUT2D eigenvalue weighted by molar-refractivity contribution is 8.42. The van der Waals surface area contributed by atoms with Crippen LogP contribution < -0.4 is 10.2 Å². The monoisotopic (exact) mass is 598 g/mol. The van der Waals surface area contributed by atoms with Crippen molar-refractivity contribution in [1.82, 2.24) is 4.90 Å². The van der Waals surface area contributed by atoms with E-state index in [1.54, 1.807) is 39.8 Å². The number of hydrogen-bond donors (Lipinski definition) is 1. The summed E-state index contributed by atoms with van der Waals surface area (Å²) in [6.07, 6.45) is 0.193. The molecule has 0 spiro atoms. The Kier molecular flexibility index (Phi) is 8.79. The number of ether oxygens (including phenoxy) is 1. The van der Waals surface area contributed by atoms with Crippen LogP contribution >= 0.6 is 11.6 Å². The quantitative estimate of drug-likeness (QED) is 0.421. The molecule has 2 atom stereocenters. The zero-order valence-electron chi connectivity index (χ0n) is 21.9. The van der Waals surface area contributed by atoms with Crippen LogP contribution in [0.25, 0.3) is 0 Å². The van der Waals surface area contributed by atoms with E-state index in [1.807, 2.05) is 0 Å². The molecule has 1 fully saturated rings. The van der Waals surface area contributed by atoms with Crippen molar-refractivity contribution < 1.29 is 26.7 Å². The molecule has 210 valence electrons. The van der Waals surface area contributed by atoms with Gasteiger partial charge in [0.25, 0.3) is 0 Å². The van der Waals surface area contributed by atoms with E-state index >= 15 is 4.39 Å². The Hall–Kier alpha value is -2.80. The van der Waals surface area contributed by atoms with Crippen molar-refractivity contribution in [1.29, 1.82) is 0 Å². The van der Waals surface area contributed by atoms with Crippen LogP contribution in [-0.2, 0) is 30.0 Å². The second-order valence-corrected chi connectivity index (χ2v) is 14.1. The molecule has 2 aliphatic heterocycles. The van der Waals surface area contributed by atoms with Gasteiger partial charge < -0.3 is 10.1 Å². The summed E-state index contributed by atoms with van der Waals surface area (Å²) < 4.78 is 58.5. The summed E-state index contributed by atoms with van der Waals surface area (Å²) in [5.74, 6) is -1.36. The normalized spacial score (nSPS) is 17.8. The zero-order valence-corrected chi connectivity index (χ0v) is 24.3. The number of amides is 1. The maximum Gasteiger partial charge on any atom is 0.420 e. The lowest BCUT2D eigenvalue weighted by atomic mass is 10.0. The van der Waals surface area contributed by atoms with E-state index in [4.69, 9.17) is 16.3 Å². The highest BCUT2D eigenvalue weighted by atomic mass is 35.5. The molecule has 39 heavy (non-hydrogen) atoms. The lowest BCUT2D eigenvalue weighted by molar-refractivity contribution is 0.0591. The second kappa shape index (κ2) is 11.7. The molecule has 2 aromatic rings. The molecule has 0 aliphatic carbocycles. The van der Waals surface area contributed by atoms with Crippen molar-refractivity contribution in [3.8, 4) is 0 Å². The molecule has 0 saturated carbocycles.